The molecule has 0 atom stereocenters. The summed E-state index contributed by atoms with van der Waals surface area (Å²) in [5.41, 5.74) is 2.63. The van der Waals surface area contributed by atoms with Crippen LogP contribution in [0.3, 0.4) is 0 Å². The molecule has 1 heterocycles. The molecule has 0 saturated carbocycles. The molecule has 0 aliphatic carbocycles. The molecule has 0 spiro atoms. The topological polar surface area (TPSA) is 54.9 Å². The molecule has 0 bridgehead atoms. The van der Waals surface area contributed by atoms with Crippen molar-refractivity contribution in [1.82, 2.24) is 10.7 Å². The number of thiocarbonyl (C=S) groups is 1. The lowest BCUT2D eigenvalue weighted by atomic mass is 10.3. The Morgan fingerprint density at radius 1 is 1.67 bits per heavy atom. The fourth-order valence-corrected chi connectivity index (χ4v) is 0.989. The van der Waals surface area contributed by atoms with Crippen LogP contribution in [0.1, 0.15) is 6.42 Å². The zero-order chi connectivity index (χ0) is 11.1. The van der Waals surface area contributed by atoms with Crippen LogP contribution < -0.4 is 10.7 Å². The summed E-state index contributed by atoms with van der Waals surface area (Å²) in [5, 5.41) is 7.09. The Balaban J connectivity index is 2.36. The van der Waals surface area contributed by atoms with Gasteiger partial charge < -0.3 is 14.8 Å². The van der Waals surface area contributed by atoms with E-state index in [9.17, 15) is 0 Å². The van der Waals surface area contributed by atoms with Crippen molar-refractivity contribution >= 4 is 23.5 Å². The summed E-state index contributed by atoms with van der Waals surface area (Å²) in [6.45, 7) is 3.85. The van der Waals surface area contributed by atoms with E-state index in [0.29, 0.717) is 17.3 Å². The average Bonchev–Trinajstić information content (AvgIpc) is 2.71. The van der Waals surface area contributed by atoms with Crippen LogP contribution in [0.2, 0.25) is 0 Å². The molecular weight excluding hydrogens is 214 g/mol. The molecule has 0 unspecified atom stereocenters. The summed E-state index contributed by atoms with van der Waals surface area (Å²) in [7, 11) is 1.72. The summed E-state index contributed by atoms with van der Waals surface area (Å²) >= 11 is 4.83. The number of ether oxygens (including phenoxy) is 2. The van der Waals surface area contributed by atoms with Crippen LogP contribution >= 0.6 is 12.2 Å². The second kappa shape index (κ2) is 6.02. The number of rotatable bonds is 4. The second-order valence-corrected chi connectivity index (χ2v) is 3.01. The van der Waals surface area contributed by atoms with Gasteiger partial charge in [-0.05, 0) is 18.3 Å². The molecule has 1 rings (SSSR count). The first-order valence-electron chi connectivity index (χ1n) is 4.38. The summed E-state index contributed by atoms with van der Waals surface area (Å²) in [5.74, 6) is 1.39. The molecule has 15 heavy (non-hydrogen) atoms. The molecule has 0 aromatic heterocycles. The predicted molar refractivity (Wildman–Crippen MR) is 62.2 cm³/mol. The van der Waals surface area contributed by atoms with Crippen molar-refractivity contribution < 1.29 is 9.47 Å². The normalized spacial score (nSPS) is 14.7. The van der Waals surface area contributed by atoms with Gasteiger partial charge in [0.2, 0.25) is 6.79 Å². The minimum Gasteiger partial charge on any atom is -0.458 e. The summed E-state index contributed by atoms with van der Waals surface area (Å²) in [6.07, 6.45) is 3.81. The maximum absolute atomic E-state index is 5.21. The summed E-state index contributed by atoms with van der Waals surface area (Å²) < 4.78 is 10.3. The SMILES string of the molecule is C=CC1=C(C/C=N\NC(=S)NC)OCO1. The molecule has 1 aliphatic heterocycles. The van der Waals surface area contributed by atoms with E-state index < -0.39 is 0 Å². The van der Waals surface area contributed by atoms with Gasteiger partial charge in [-0.15, -0.1) is 0 Å². The van der Waals surface area contributed by atoms with Crippen molar-refractivity contribution in [3.05, 3.63) is 24.2 Å². The molecule has 82 valence electrons. The van der Waals surface area contributed by atoms with E-state index in [1.165, 1.54) is 0 Å². The van der Waals surface area contributed by atoms with Gasteiger partial charge in [0.1, 0.15) is 5.76 Å². The van der Waals surface area contributed by atoms with Crippen molar-refractivity contribution in [1.29, 1.82) is 0 Å². The van der Waals surface area contributed by atoms with Crippen LogP contribution in [0, 0.1) is 0 Å². The molecule has 0 amide bonds. The third-order valence-electron chi connectivity index (χ3n) is 1.67. The van der Waals surface area contributed by atoms with Gasteiger partial charge in [-0.3, -0.25) is 5.43 Å². The molecule has 0 fully saturated rings. The quantitative estimate of drug-likeness (QED) is 0.424. The van der Waals surface area contributed by atoms with Gasteiger partial charge in [-0.1, -0.05) is 6.58 Å². The minimum absolute atomic E-state index is 0.243. The Morgan fingerprint density at radius 2 is 2.47 bits per heavy atom. The third-order valence-corrected chi connectivity index (χ3v) is 1.96. The Kier molecular flexibility index (Phi) is 4.62. The van der Waals surface area contributed by atoms with E-state index >= 15 is 0 Å². The zero-order valence-electron chi connectivity index (χ0n) is 8.45. The maximum atomic E-state index is 5.21. The lowest BCUT2D eigenvalue weighted by Crippen LogP contribution is -2.28. The molecule has 2 N–H and O–H groups in total. The van der Waals surface area contributed by atoms with E-state index in [-0.39, 0.29) is 6.79 Å². The van der Waals surface area contributed by atoms with Gasteiger partial charge in [0, 0.05) is 19.7 Å². The standard InChI is InChI=1S/C9H13N3O2S/c1-3-7-8(14-6-13-7)4-5-11-12-9(15)10-2/h3,5H,1,4,6H2,2H3,(H2,10,12,15)/b11-5-. The maximum Gasteiger partial charge on any atom is 0.230 e. The monoisotopic (exact) mass is 227 g/mol. The van der Waals surface area contributed by atoms with Gasteiger partial charge in [0.15, 0.2) is 10.9 Å². The van der Waals surface area contributed by atoms with E-state index in [2.05, 4.69) is 22.4 Å². The van der Waals surface area contributed by atoms with Crippen LogP contribution in [-0.2, 0) is 9.47 Å². The third kappa shape index (κ3) is 3.59. The summed E-state index contributed by atoms with van der Waals surface area (Å²) in [6, 6.07) is 0. The first-order chi connectivity index (χ1) is 7.27. The predicted octanol–water partition coefficient (Wildman–Crippen LogP) is 0.858. The number of nitrogens with zero attached hydrogens (tertiary/aromatic N) is 1. The largest absolute Gasteiger partial charge is 0.458 e. The Bertz CT molecular complexity index is 312. The smallest absolute Gasteiger partial charge is 0.230 e. The molecule has 6 heteroatoms. The lowest BCUT2D eigenvalue weighted by Gasteiger charge is -1.99. The zero-order valence-corrected chi connectivity index (χ0v) is 9.26. The average molecular weight is 227 g/mol. The first kappa shape index (κ1) is 11.5. The molecule has 0 saturated heterocycles. The van der Waals surface area contributed by atoms with E-state index in [4.69, 9.17) is 21.7 Å². The number of hydrazone groups is 1. The highest BCUT2D eigenvalue weighted by atomic mass is 32.1. The van der Waals surface area contributed by atoms with Crippen LogP contribution in [0.4, 0.5) is 0 Å². The minimum atomic E-state index is 0.243. The number of nitrogens with one attached hydrogen (secondary N) is 2. The van der Waals surface area contributed by atoms with Crippen LogP contribution in [0.5, 0.6) is 0 Å². The van der Waals surface area contributed by atoms with Gasteiger partial charge in [-0.25, -0.2) is 0 Å². The van der Waals surface area contributed by atoms with Gasteiger partial charge in [-0.2, -0.15) is 5.10 Å². The summed E-state index contributed by atoms with van der Waals surface area (Å²) in [4.78, 5) is 0. The second-order valence-electron chi connectivity index (χ2n) is 2.60. The molecule has 0 aromatic rings. The molecule has 1 aliphatic rings. The fourth-order valence-electron chi connectivity index (χ4n) is 0.937. The van der Waals surface area contributed by atoms with Crippen molar-refractivity contribution in [2.75, 3.05) is 13.8 Å². The van der Waals surface area contributed by atoms with E-state index in [1.807, 2.05) is 0 Å². The van der Waals surface area contributed by atoms with E-state index in [1.54, 1.807) is 19.3 Å². The van der Waals surface area contributed by atoms with Crippen molar-refractivity contribution in [3.63, 3.8) is 0 Å². The Morgan fingerprint density at radius 3 is 3.13 bits per heavy atom. The van der Waals surface area contributed by atoms with Crippen LogP contribution in [0.15, 0.2) is 29.3 Å². The number of hydrogen-bond donors (Lipinski definition) is 2. The highest BCUT2D eigenvalue weighted by Gasteiger charge is 2.12. The van der Waals surface area contributed by atoms with Crippen molar-refractivity contribution in [3.8, 4) is 0 Å². The lowest BCUT2D eigenvalue weighted by molar-refractivity contribution is 0.0739. The van der Waals surface area contributed by atoms with Gasteiger partial charge in [0.25, 0.3) is 0 Å². The highest BCUT2D eigenvalue weighted by molar-refractivity contribution is 7.80. The highest BCUT2D eigenvalue weighted by Crippen LogP contribution is 2.18. The van der Waals surface area contributed by atoms with Crippen molar-refractivity contribution in [2.24, 2.45) is 5.10 Å². The Hall–Kier alpha value is -1.56. The molecule has 0 aromatic carbocycles. The molecule has 0 radical (unpaired) electrons. The fraction of sp³-hybridized carbons (Fsp3) is 0.333. The van der Waals surface area contributed by atoms with Gasteiger partial charge >= 0.3 is 0 Å². The van der Waals surface area contributed by atoms with Crippen molar-refractivity contribution in [2.45, 2.75) is 6.42 Å². The Labute approximate surface area is 93.8 Å². The number of allylic oxidation sites excluding steroid dienone is 2. The van der Waals surface area contributed by atoms with Crippen LogP contribution in [0.25, 0.3) is 0 Å². The van der Waals surface area contributed by atoms with Crippen LogP contribution in [-0.4, -0.2) is 25.2 Å². The van der Waals surface area contributed by atoms with E-state index in [0.717, 1.165) is 5.76 Å². The molecular formula is C9H13N3O2S. The van der Waals surface area contributed by atoms with Gasteiger partial charge in [0.05, 0.1) is 0 Å². The molecule has 5 nitrogen and oxygen atoms in total. The number of hydrogen-bond acceptors (Lipinski definition) is 4. The first-order valence-corrected chi connectivity index (χ1v) is 4.79.